The number of pyridine rings is 2. The van der Waals surface area contributed by atoms with Crippen molar-refractivity contribution in [2.75, 3.05) is 19.9 Å². The van der Waals surface area contributed by atoms with E-state index in [1.165, 1.54) is 9.96 Å². The van der Waals surface area contributed by atoms with Crippen LogP contribution in [0.5, 0.6) is 11.5 Å². The fraction of sp³-hybridized carbons (Fsp3) is 0.273. The normalized spacial score (nSPS) is 15.0. The van der Waals surface area contributed by atoms with E-state index in [4.69, 9.17) is 14.5 Å². The number of amides is 1. The topological polar surface area (TPSA) is 102 Å². The molecule has 0 bridgehead atoms. The summed E-state index contributed by atoms with van der Waals surface area (Å²) in [4.78, 5) is 34.4. The highest BCUT2D eigenvalue weighted by Crippen LogP contribution is 2.33. The number of benzene rings is 2. The summed E-state index contributed by atoms with van der Waals surface area (Å²) in [6, 6.07) is 21.3. The van der Waals surface area contributed by atoms with Crippen LogP contribution >= 0.6 is 0 Å². The second-order valence-electron chi connectivity index (χ2n) is 11.1. The van der Waals surface area contributed by atoms with E-state index in [-0.39, 0.29) is 35.9 Å². The van der Waals surface area contributed by atoms with Gasteiger partial charge in [-0.25, -0.2) is 4.98 Å². The van der Waals surface area contributed by atoms with Gasteiger partial charge in [0, 0.05) is 19.3 Å². The smallest absolute Gasteiger partial charge is 0.267 e. The molecule has 0 atom stereocenters. The van der Waals surface area contributed by atoms with Crippen LogP contribution in [0.4, 0.5) is 0 Å². The minimum atomic E-state index is -0.270. The number of ether oxygens (including phenoxy) is 2. The second kappa shape index (κ2) is 10.5. The number of fused-ring (bicyclic) bond motifs is 3. The number of aryl methyl sites for hydroxylation is 1. The third kappa shape index (κ3) is 4.60. The van der Waals surface area contributed by atoms with Crippen LogP contribution in [0.25, 0.3) is 16.7 Å². The Morgan fingerprint density at radius 3 is 2.55 bits per heavy atom. The lowest BCUT2D eigenvalue weighted by Gasteiger charge is -2.32. The maximum Gasteiger partial charge on any atom is 0.267 e. The highest BCUT2D eigenvalue weighted by atomic mass is 16.7. The van der Waals surface area contributed by atoms with Crippen molar-refractivity contribution in [3.63, 3.8) is 0 Å². The molecule has 5 heterocycles. The van der Waals surface area contributed by atoms with Crippen LogP contribution in [-0.2, 0) is 13.0 Å². The van der Waals surface area contributed by atoms with Crippen molar-refractivity contribution in [3.8, 4) is 11.5 Å². The molecule has 0 spiro atoms. The van der Waals surface area contributed by atoms with E-state index in [1.54, 1.807) is 16.8 Å². The highest BCUT2D eigenvalue weighted by Gasteiger charge is 2.27. The molecule has 0 saturated carbocycles. The highest BCUT2D eigenvalue weighted by molar-refractivity contribution is 5.97. The van der Waals surface area contributed by atoms with Crippen molar-refractivity contribution in [2.45, 2.75) is 32.7 Å². The zero-order valence-corrected chi connectivity index (χ0v) is 23.4. The molecule has 7 rings (SSSR count). The lowest BCUT2D eigenvalue weighted by Crippen LogP contribution is -2.42. The Morgan fingerprint density at radius 1 is 0.952 bits per heavy atom. The van der Waals surface area contributed by atoms with E-state index in [0.717, 1.165) is 30.4 Å². The van der Waals surface area contributed by atoms with Gasteiger partial charge in [-0.3, -0.25) is 19.4 Å². The maximum atomic E-state index is 13.9. The Morgan fingerprint density at radius 2 is 1.74 bits per heavy atom. The average Bonchev–Trinajstić information content (AvgIpc) is 3.48. The third-order valence-electron chi connectivity index (χ3n) is 8.41. The van der Waals surface area contributed by atoms with Crippen LogP contribution in [0.15, 0.2) is 77.7 Å². The SMILES string of the molecule is Cc1cccn2c(=O)c3cc(C(=O)N4CCC(Cc5ccccc5)CC4)c(=N)n(Cc4ccc5c(c4)OCO5)c3nc12. The number of nitrogens with zero attached hydrogens (tertiary/aromatic N) is 4. The summed E-state index contributed by atoms with van der Waals surface area (Å²) in [5, 5.41) is 9.51. The van der Waals surface area contributed by atoms with Gasteiger partial charge in [-0.15, -0.1) is 0 Å². The fourth-order valence-corrected chi connectivity index (χ4v) is 6.09. The number of carbonyl (C=O) groups excluding carboxylic acids is 1. The lowest BCUT2D eigenvalue weighted by atomic mass is 9.90. The Kier molecular flexibility index (Phi) is 6.49. The first-order valence-corrected chi connectivity index (χ1v) is 14.3. The zero-order valence-electron chi connectivity index (χ0n) is 23.4. The second-order valence-corrected chi connectivity index (χ2v) is 11.1. The van der Waals surface area contributed by atoms with E-state index < -0.39 is 0 Å². The van der Waals surface area contributed by atoms with Gasteiger partial charge in [0.2, 0.25) is 6.79 Å². The Hall–Kier alpha value is -4.92. The first-order valence-electron chi connectivity index (χ1n) is 14.3. The van der Waals surface area contributed by atoms with Crippen molar-refractivity contribution in [2.24, 2.45) is 5.92 Å². The number of aromatic nitrogens is 3. The summed E-state index contributed by atoms with van der Waals surface area (Å²) in [5.74, 6) is 1.57. The number of carbonyl (C=O) groups is 1. The molecule has 42 heavy (non-hydrogen) atoms. The van der Waals surface area contributed by atoms with Crippen LogP contribution in [-0.4, -0.2) is 44.6 Å². The fourth-order valence-electron chi connectivity index (χ4n) is 6.09. The number of nitrogens with one attached hydrogen (secondary N) is 1. The summed E-state index contributed by atoms with van der Waals surface area (Å²) < 4.78 is 14.2. The molecule has 1 saturated heterocycles. The Labute approximate surface area is 242 Å². The molecule has 1 fully saturated rings. The molecule has 1 amide bonds. The van der Waals surface area contributed by atoms with Gasteiger partial charge >= 0.3 is 0 Å². The monoisotopic (exact) mass is 561 g/mol. The molecule has 0 radical (unpaired) electrons. The van der Waals surface area contributed by atoms with Gasteiger partial charge in [0.1, 0.15) is 16.8 Å². The van der Waals surface area contributed by atoms with Crippen molar-refractivity contribution in [1.29, 1.82) is 5.41 Å². The van der Waals surface area contributed by atoms with E-state index in [9.17, 15) is 15.0 Å². The zero-order chi connectivity index (χ0) is 28.8. The van der Waals surface area contributed by atoms with Crippen LogP contribution < -0.4 is 20.5 Å². The molecular weight excluding hydrogens is 530 g/mol. The quantitative estimate of drug-likeness (QED) is 0.322. The molecule has 5 aromatic rings. The van der Waals surface area contributed by atoms with E-state index in [2.05, 4.69) is 24.3 Å². The van der Waals surface area contributed by atoms with Gasteiger partial charge in [-0.1, -0.05) is 42.5 Å². The van der Waals surface area contributed by atoms with Crippen molar-refractivity contribution < 1.29 is 14.3 Å². The van der Waals surface area contributed by atoms with Crippen LogP contribution in [0.2, 0.25) is 0 Å². The van der Waals surface area contributed by atoms with Gasteiger partial charge in [0.05, 0.1) is 17.5 Å². The predicted octanol–water partition coefficient (Wildman–Crippen LogP) is 4.31. The van der Waals surface area contributed by atoms with Gasteiger partial charge in [-0.2, -0.15) is 0 Å². The number of rotatable bonds is 5. The minimum absolute atomic E-state index is 0.0291. The third-order valence-corrected chi connectivity index (χ3v) is 8.41. The number of piperidine rings is 1. The van der Waals surface area contributed by atoms with E-state index in [0.29, 0.717) is 47.2 Å². The standard InChI is InChI=1S/C33H31N5O4/c1-21-6-5-13-37-30(21)35-31-26(33(37)40)18-25(29(34)38(31)19-24-9-10-27-28(17-24)42-20-41-27)32(39)36-14-11-23(12-15-36)16-22-7-3-2-4-8-22/h2-10,13,17-18,23,34H,11-12,14-16,19-20H2,1H3. The maximum absolute atomic E-state index is 13.9. The van der Waals surface area contributed by atoms with Gasteiger partial charge in [-0.05, 0) is 73.1 Å². The lowest BCUT2D eigenvalue weighted by molar-refractivity contribution is 0.0687. The molecule has 2 aromatic carbocycles. The molecule has 1 N–H and O–H groups in total. The molecule has 0 aliphatic carbocycles. The van der Waals surface area contributed by atoms with E-state index >= 15 is 0 Å². The Bertz CT molecular complexity index is 1960. The summed E-state index contributed by atoms with van der Waals surface area (Å²) in [5.41, 5.74) is 3.86. The van der Waals surface area contributed by atoms with Crippen LogP contribution in [0.3, 0.4) is 0 Å². The van der Waals surface area contributed by atoms with Gasteiger partial charge in [0.15, 0.2) is 11.5 Å². The first-order chi connectivity index (χ1) is 20.5. The molecule has 2 aliphatic rings. The van der Waals surface area contributed by atoms with Gasteiger partial charge < -0.3 is 18.9 Å². The summed E-state index contributed by atoms with van der Waals surface area (Å²) >= 11 is 0. The molecule has 9 heteroatoms. The van der Waals surface area contributed by atoms with Crippen molar-refractivity contribution >= 4 is 22.6 Å². The van der Waals surface area contributed by atoms with Crippen LogP contribution in [0, 0.1) is 18.3 Å². The number of hydrogen-bond acceptors (Lipinski definition) is 6. The summed E-state index contributed by atoms with van der Waals surface area (Å²) in [6.45, 7) is 3.53. The molecule has 3 aromatic heterocycles. The van der Waals surface area contributed by atoms with Crippen molar-refractivity contribution in [3.05, 3.63) is 111 Å². The van der Waals surface area contributed by atoms with Crippen molar-refractivity contribution in [1.82, 2.24) is 18.9 Å². The largest absolute Gasteiger partial charge is 0.454 e. The van der Waals surface area contributed by atoms with Crippen LogP contribution in [0.1, 0.15) is 39.9 Å². The summed E-state index contributed by atoms with van der Waals surface area (Å²) in [7, 11) is 0. The molecule has 9 nitrogen and oxygen atoms in total. The molecular formula is C33H31N5O4. The first kappa shape index (κ1) is 26.0. The molecule has 2 aliphatic heterocycles. The molecule has 212 valence electrons. The average molecular weight is 562 g/mol. The number of hydrogen-bond donors (Lipinski definition) is 1. The van der Waals surface area contributed by atoms with E-state index in [1.807, 2.05) is 48.2 Å². The van der Waals surface area contributed by atoms with Gasteiger partial charge in [0.25, 0.3) is 11.5 Å². The minimum Gasteiger partial charge on any atom is -0.454 e. The summed E-state index contributed by atoms with van der Waals surface area (Å²) in [6.07, 6.45) is 4.47. The molecule has 0 unspecified atom stereocenters. The predicted molar refractivity (Wildman–Crippen MR) is 158 cm³/mol. The Balaban J connectivity index is 1.28. The number of likely N-dealkylation sites (tertiary alicyclic amines) is 1.